The second-order valence-corrected chi connectivity index (χ2v) is 5.35. The van der Waals surface area contributed by atoms with Crippen LogP contribution >= 0.6 is 11.6 Å². The maximum atomic E-state index is 13.9. The lowest BCUT2D eigenvalue weighted by molar-refractivity contribution is 0.501. The predicted molar refractivity (Wildman–Crippen MR) is 79.8 cm³/mol. The minimum atomic E-state index is -0.349. The first-order valence-electron chi connectivity index (χ1n) is 6.46. The fraction of sp³-hybridized carbons (Fsp3) is 0.176. The molecular formula is C17H14ClFO. The zero-order valence-corrected chi connectivity index (χ0v) is 12.0. The number of aryl methyl sites for hydroxylation is 2. The van der Waals surface area contributed by atoms with Crippen molar-refractivity contribution in [2.45, 2.75) is 19.2 Å². The molecule has 1 heterocycles. The van der Waals surface area contributed by atoms with Crippen LogP contribution in [0.15, 0.2) is 46.9 Å². The Bertz CT molecular complexity index is 776. The van der Waals surface area contributed by atoms with Gasteiger partial charge in [-0.25, -0.2) is 4.39 Å². The molecule has 0 aliphatic rings. The van der Waals surface area contributed by atoms with Gasteiger partial charge in [0, 0.05) is 10.9 Å². The van der Waals surface area contributed by atoms with Crippen LogP contribution in [0.3, 0.4) is 0 Å². The van der Waals surface area contributed by atoms with Crippen molar-refractivity contribution in [3.63, 3.8) is 0 Å². The Hall–Kier alpha value is -1.80. The van der Waals surface area contributed by atoms with Crippen molar-refractivity contribution in [3.8, 4) is 0 Å². The van der Waals surface area contributed by atoms with Crippen molar-refractivity contribution < 1.29 is 8.81 Å². The van der Waals surface area contributed by atoms with E-state index in [9.17, 15) is 4.39 Å². The number of hydrogen-bond acceptors (Lipinski definition) is 1. The molecule has 1 aromatic heterocycles. The van der Waals surface area contributed by atoms with E-state index in [4.69, 9.17) is 16.0 Å². The molecule has 2 aromatic carbocycles. The molecule has 0 saturated heterocycles. The van der Waals surface area contributed by atoms with Crippen LogP contribution in [0.1, 0.15) is 28.0 Å². The number of hydrogen-bond donors (Lipinski definition) is 0. The van der Waals surface area contributed by atoms with Crippen molar-refractivity contribution >= 4 is 22.4 Å². The summed E-state index contributed by atoms with van der Waals surface area (Å²) in [7, 11) is 0. The van der Waals surface area contributed by atoms with Crippen LogP contribution in [0.5, 0.6) is 0 Å². The SMILES string of the molecule is Cc1cc(C(Cl)c2ccc(F)c3ccccc23)c(C)o1. The summed E-state index contributed by atoms with van der Waals surface area (Å²) in [5.41, 5.74) is 1.83. The molecule has 102 valence electrons. The molecule has 1 atom stereocenters. The molecule has 0 radical (unpaired) electrons. The summed E-state index contributed by atoms with van der Waals surface area (Å²) >= 11 is 6.60. The van der Waals surface area contributed by atoms with Gasteiger partial charge in [0.05, 0.1) is 5.38 Å². The van der Waals surface area contributed by atoms with Crippen molar-refractivity contribution in [2.75, 3.05) is 0 Å². The summed E-state index contributed by atoms with van der Waals surface area (Å²) < 4.78 is 19.4. The Morgan fingerprint density at radius 1 is 1.00 bits per heavy atom. The average Bonchev–Trinajstić information content (AvgIpc) is 2.78. The fourth-order valence-corrected chi connectivity index (χ4v) is 2.98. The van der Waals surface area contributed by atoms with E-state index in [1.807, 2.05) is 38.1 Å². The summed E-state index contributed by atoms with van der Waals surface area (Å²) in [4.78, 5) is 0. The maximum Gasteiger partial charge on any atom is 0.131 e. The van der Waals surface area contributed by atoms with Gasteiger partial charge in [0.2, 0.25) is 0 Å². The first-order chi connectivity index (χ1) is 9.58. The first kappa shape index (κ1) is 13.2. The highest BCUT2D eigenvalue weighted by atomic mass is 35.5. The highest BCUT2D eigenvalue weighted by molar-refractivity contribution is 6.23. The highest BCUT2D eigenvalue weighted by Crippen LogP contribution is 2.37. The third kappa shape index (κ3) is 2.10. The molecule has 0 N–H and O–H groups in total. The maximum absolute atomic E-state index is 13.9. The van der Waals surface area contributed by atoms with Crippen molar-refractivity contribution in [2.24, 2.45) is 0 Å². The van der Waals surface area contributed by atoms with E-state index in [-0.39, 0.29) is 11.2 Å². The standard InChI is InChI=1S/C17H14ClFO/c1-10-9-15(11(2)20-10)17(18)14-7-8-16(19)13-6-4-3-5-12(13)14/h3-9,17H,1-2H3. The quantitative estimate of drug-likeness (QED) is 0.566. The van der Waals surface area contributed by atoms with Crippen molar-refractivity contribution in [1.29, 1.82) is 0 Å². The van der Waals surface area contributed by atoms with Gasteiger partial charge < -0.3 is 4.42 Å². The third-order valence-electron chi connectivity index (χ3n) is 3.53. The Morgan fingerprint density at radius 2 is 1.70 bits per heavy atom. The van der Waals surface area contributed by atoms with Gasteiger partial charge in [-0.2, -0.15) is 0 Å². The molecule has 0 spiro atoms. The van der Waals surface area contributed by atoms with Gasteiger partial charge in [-0.05, 0) is 36.9 Å². The van der Waals surface area contributed by atoms with E-state index in [0.717, 1.165) is 28.0 Å². The van der Waals surface area contributed by atoms with Gasteiger partial charge in [-0.15, -0.1) is 11.6 Å². The van der Waals surface area contributed by atoms with Crippen LogP contribution in [-0.2, 0) is 0 Å². The second-order valence-electron chi connectivity index (χ2n) is 4.91. The largest absolute Gasteiger partial charge is 0.466 e. The van der Waals surface area contributed by atoms with E-state index in [1.54, 1.807) is 12.1 Å². The Balaban J connectivity index is 2.20. The smallest absolute Gasteiger partial charge is 0.131 e. The Kier molecular flexibility index (Phi) is 3.27. The molecule has 0 aliphatic heterocycles. The lowest BCUT2D eigenvalue weighted by Crippen LogP contribution is -1.96. The van der Waals surface area contributed by atoms with Crippen molar-refractivity contribution in [1.82, 2.24) is 0 Å². The molecule has 1 nitrogen and oxygen atoms in total. The molecule has 0 aliphatic carbocycles. The van der Waals surface area contributed by atoms with Crippen molar-refractivity contribution in [3.05, 3.63) is 70.9 Å². The molecule has 0 bridgehead atoms. The van der Waals surface area contributed by atoms with E-state index >= 15 is 0 Å². The summed E-state index contributed by atoms with van der Waals surface area (Å²) in [5.74, 6) is 1.40. The lowest BCUT2D eigenvalue weighted by atomic mass is 9.98. The number of rotatable bonds is 2. The van der Waals surface area contributed by atoms with Crippen LogP contribution in [0.25, 0.3) is 10.8 Å². The van der Waals surface area contributed by atoms with Gasteiger partial charge in [0.25, 0.3) is 0 Å². The number of benzene rings is 2. The van der Waals surface area contributed by atoms with E-state index in [2.05, 4.69) is 0 Å². The molecule has 0 fully saturated rings. The number of alkyl halides is 1. The molecule has 3 heteroatoms. The van der Waals surface area contributed by atoms with E-state index < -0.39 is 0 Å². The van der Waals surface area contributed by atoms with Gasteiger partial charge in [0.15, 0.2) is 0 Å². The summed E-state index contributed by atoms with van der Waals surface area (Å²) in [5, 5.41) is 1.08. The molecule has 20 heavy (non-hydrogen) atoms. The summed E-state index contributed by atoms with van der Waals surface area (Å²) in [6, 6.07) is 12.5. The summed E-state index contributed by atoms with van der Waals surface area (Å²) in [6.45, 7) is 3.78. The highest BCUT2D eigenvalue weighted by Gasteiger charge is 2.19. The van der Waals surface area contributed by atoms with Crippen LogP contribution in [0.2, 0.25) is 0 Å². The Labute approximate surface area is 122 Å². The fourth-order valence-electron chi connectivity index (χ4n) is 2.58. The van der Waals surface area contributed by atoms with Gasteiger partial charge in [-0.3, -0.25) is 0 Å². The monoisotopic (exact) mass is 288 g/mol. The number of furan rings is 1. The third-order valence-corrected chi connectivity index (χ3v) is 4.00. The zero-order valence-electron chi connectivity index (χ0n) is 11.3. The molecular weight excluding hydrogens is 275 g/mol. The topological polar surface area (TPSA) is 13.1 Å². The lowest BCUT2D eigenvalue weighted by Gasteiger charge is -2.13. The predicted octanol–water partition coefficient (Wildman–Crippen LogP) is 5.52. The Morgan fingerprint density at radius 3 is 2.35 bits per heavy atom. The molecule has 3 rings (SSSR count). The molecule has 0 amide bonds. The first-order valence-corrected chi connectivity index (χ1v) is 6.89. The molecule has 1 unspecified atom stereocenters. The summed E-state index contributed by atoms with van der Waals surface area (Å²) in [6.07, 6.45) is 0. The minimum absolute atomic E-state index is 0.228. The van der Waals surface area contributed by atoms with Gasteiger partial charge >= 0.3 is 0 Å². The zero-order chi connectivity index (χ0) is 14.3. The molecule has 3 aromatic rings. The average molecular weight is 289 g/mol. The normalized spacial score (nSPS) is 12.8. The minimum Gasteiger partial charge on any atom is -0.466 e. The van der Waals surface area contributed by atoms with Crippen LogP contribution in [-0.4, -0.2) is 0 Å². The van der Waals surface area contributed by atoms with Gasteiger partial charge in [0.1, 0.15) is 17.3 Å². The molecule has 0 saturated carbocycles. The van der Waals surface area contributed by atoms with Crippen LogP contribution in [0, 0.1) is 19.7 Å². The van der Waals surface area contributed by atoms with E-state index in [1.165, 1.54) is 6.07 Å². The van der Waals surface area contributed by atoms with Crippen LogP contribution < -0.4 is 0 Å². The number of halogens is 2. The van der Waals surface area contributed by atoms with Crippen LogP contribution in [0.4, 0.5) is 4.39 Å². The van der Waals surface area contributed by atoms with Gasteiger partial charge in [-0.1, -0.05) is 30.3 Å². The number of fused-ring (bicyclic) bond motifs is 1. The van der Waals surface area contributed by atoms with E-state index in [0.29, 0.717) is 5.39 Å². The second kappa shape index (κ2) is 4.95.